The fourth-order valence-corrected chi connectivity index (χ4v) is 5.91. The van der Waals surface area contributed by atoms with Crippen molar-refractivity contribution in [1.29, 1.82) is 0 Å². The lowest BCUT2D eigenvalue weighted by Gasteiger charge is -2.26. The van der Waals surface area contributed by atoms with Gasteiger partial charge in [-0.15, -0.1) is 0 Å². The summed E-state index contributed by atoms with van der Waals surface area (Å²) < 4.78 is 41.0. The molecule has 9 heteroatoms. The van der Waals surface area contributed by atoms with Crippen molar-refractivity contribution < 1.29 is 22.4 Å². The normalized spacial score (nSPS) is 18.5. The predicted octanol–water partition coefficient (Wildman–Crippen LogP) is 3.40. The lowest BCUT2D eigenvalue weighted by Crippen LogP contribution is -2.38. The minimum atomic E-state index is -3.59. The molecule has 0 bridgehead atoms. The number of hydrogen-bond acceptors (Lipinski definition) is 4. The standard InChI is InChI=1S/C25H30FN3O4S/c1-3-27(4-2)34(32,33)22-13-11-20(12-14-22)28-17-19(15-24(28)30)25(31)29(21-9-10-21)16-18-7-5-6-8-23(18)26/h5-8,11-14,19,21H,3-4,9-10,15-17H2,1-2H3/t19-/m0/s1. The van der Waals surface area contributed by atoms with E-state index in [9.17, 15) is 22.4 Å². The zero-order valence-electron chi connectivity index (χ0n) is 19.5. The van der Waals surface area contributed by atoms with E-state index in [2.05, 4.69) is 0 Å². The van der Waals surface area contributed by atoms with Crippen LogP contribution in [0, 0.1) is 11.7 Å². The van der Waals surface area contributed by atoms with Gasteiger partial charge >= 0.3 is 0 Å². The first kappa shape index (κ1) is 24.3. The van der Waals surface area contributed by atoms with Crippen molar-refractivity contribution in [2.45, 2.75) is 50.6 Å². The quantitative estimate of drug-likeness (QED) is 0.543. The van der Waals surface area contributed by atoms with E-state index >= 15 is 0 Å². The van der Waals surface area contributed by atoms with Crippen molar-refractivity contribution in [2.75, 3.05) is 24.5 Å². The Morgan fingerprint density at radius 2 is 1.71 bits per heavy atom. The van der Waals surface area contributed by atoms with Gasteiger partial charge in [0.15, 0.2) is 0 Å². The number of benzene rings is 2. The topological polar surface area (TPSA) is 78.0 Å². The largest absolute Gasteiger partial charge is 0.335 e. The van der Waals surface area contributed by atoms with Crippen LogP contribution in [0.5, 0.6) is 0 Å². The maximum absolute atomic E-state index is 14.2. The number of sulfonamides is 1. The highest BCUT2D eigenvalue weighted by Crippen LogP contribution is 2.33. The molecule has 1 aliphatic heterocycles. The van der Waals surface area contributed by atoms with Crippen LogP contribution in [0.4, 0.5) is 10.1 Å². The molecule has 1 heterocycles. The van der Waals surface area contributed by atoms with E-state index in [-0.39, 0.29) is 48.1 Å². The zero-order valence-corrected chi connectivity index (χ0v) is 20.3. The SMILES string of the molecule is CCN(CC)S(=O)(=O)c1ccc(N2C[C@@H](C(=O)N(Cc3ccccc3F)C3CC3)CC2=O)cc1. The summed E-state index contributed by atoms with van der Waals surface area (Å²) >= 11 is 0. The van der Waals surface area contributed by atoms with E-state index in [1.165, 1.54) is 27.4 Å². The summed E-state index contributed by atoms with van der Waals surface area (Å²) in [7, 11) is -3.59. The number of hydrogen-bond donors (Lipinski definition) is 0. The van der Waals surface area contributed by atoms with Gasteiger partial charge in [-0.05, 0) is 43.2 Å². The molecule has 2 amide bonds. The Hall–Kier alpha value is -2.78. The van der Waals surface area contributed by atoms with Crippen LogP contribution in [0.15, 0.2) is 53.4 Å². The highest BCUT2D eigenvalue weighted by Gasteiger charge is 2.41. The molecule has 7 nitrogen and oxygen atoms in total. The molecule has 0 unspecified atom stereocenters. The lowest BCUT2D eigenvalue weighted by atomic mass is 10.1. The molecule has 182 valence electrons. The van der Waals surface area contributed by atoms with Crippen molar-refractivity contribution in [3.8, 4) is 0 Å². The van der Waals surface area contributed by atoms with Crippen LogP contribution >= 0.6 is 0 Å². The van der Waals surface area contributed by atoms with Gasteiger partial charge in [-0.2, -0.15) is 4.31 Å². The van der Waals surface area contributed by atoms with Crippen molar-refractivity contribution in [1.82, 2.24) is 9.21 Å². The minimum Gasteiger partial charge on any atom is -0.335 e. The number of carbonyl (C=O) groups excluding carboxylic acids is 2. The lowest BCUT2D eigenvalue weighted by molar-refractivity contribution is -0.137. The van der Waals surface area contributed by atoms with Gasteiger partial charge in [-0.3, -0.25) is 9.59 Å². The highest BCUT2D eigenvalue weighted by atomic mass is 32.2. The van der Waals surface area contributed by atoms with E-state index in [4.69, 9.17) is 0 Å². The highest BCUT2D eigenvalue weighted by molar-refractivity contribution is 7.89. The Morgan fingerprint density at radius 1 is 1.06 bits per heavy atom. The summed E-state index contributed by atoms with van der Waals surface area (Å²) in [5.74, 6) is -1.18. The van der Waals surface area contributed by atoms with Gasteiger partial charge in [0.2, 0.25) is 21.8 Å². The first-order valence-corrected chi connectivity index (χ1v) is 13.1. The van der Waals surface area contributed by atoms with E-state index in [1.54, 1.807) is 49.1 Å². The second-order valence-electron chi connectivity index (χ2n) is 8.78. The van der Waals surface area contributed by atoms with E-state index in [0.29, 0.717) is 24.3 Å². The summed E-state index contributed by atoms with van der Waals surface area (Å²) in [6.45, 7) is 4.73. The van der Waals surface area contributed by atoms with Crippen LogP contribution in [-0.2, 0) is 26.2 Å². The van der Waals surface area contributed by atoms with E-state index in [1.807, 2.05) is 0 Å². The van der Waals surface area contributed by atoms with Crippen LogP contribution in [0.2, 0.25) is 0 Å². The Morgan fingerprint density at radius 3 is 2.29 bits per heavy atom. The second-order valence-corrected chi connectivity index (χ2v) is 10.7. The van der Waals surface area contributed by atoms with Gasteiger partial charge in [0, 0.05) is 49.9 Å². The van der Waals surface area contributed by atoms with Gasteiger partial charge in [0.1, 0.15) is 5.82 Å². The van der Waals surface area contributed by atoms with Crippen molar-refractivity contribution in [3.05, 3.63) is 59.9 Å². The Labute approximate surface area is 200 Å². The molecule has 4 rings (SSSR count). The third-order valence-corrected chi connectivity index (χ3v) is 8.60. The number of carbonyl (C=O) groups is 2. The third kappa shape index (κ3) is 4.86. The average molecular weight is 488 g/mol. The molecule has 1 saturated heterocycles. The number of rotatable bonds is 9. The first-order valence-electron chi connectivity index (χ1n) is 11.7. The number of amides is 2. The smallest absolute Gasteiger partial charge is 0.243 e. The molecule has 2 aromatic rings. The number of anilines is 1. The van der Waals surface area contributed by atoms with Gasteiger partial charge in [0.05, 0.1) is 10.8 Å². The van der Waals surface area contributed by atoms with Crippen LogP contribution in [-0.4, -0.2) is 55.1 Å². The van der Waals surface area contributed by atoms with Crippen molar-refractivity contribution in [3.63, 3.8) is 0 Å². The van der Waals surface area contributed by atoms with Crippen LogP contribution in [0.25, 0.3) is 0 Å². The predicted molar refractivity (Wildman–Crippen MR) is 127 cm³/mol. The third-order valence-electron chi connectivity index (χ3n) is 6.54. The fourth-order valence-electron chi connectivity index (χ4n) is 4.45. The molecule has 2 aromatic carbocycles. The Bertz CT molecular complexity index is 1160. The van der Waals surface area contributed by atoms with Crippen LogP contribution in [0.3, 0.4) is 0 Å². The molecule has 2 aliphatic rings. The number of halogens is 1. The number of nitrogens with zero attached hydrogens (tertiary/aromatic N) is 3. The van der Waals surface area contributed by atoms with Crippen molar-refractivity contribution in [2.24, 2.45) is 5.92 Å². The van der Waals surface area contributed by atoms with Gasteiger partial charge < -0.3 is 9.80 Å². The Balaban J connectivity index is 1.48. The molecule has 2 fully saturated rings. The molecule has 0 radical (unpaired) electrons. The molecule has 1 saturated carbocycles. The van der Waals surface area contributed by atoms with Crippen LogP contribution < -0.4 is 4.90 Å². The molecule has 0 N–H and O–H groups in total. The van der Waals surface area contributed by atoms with Gasteiger partial charge in [-0.25, -0.2) is 12.8 Å². The second kappa shape index (κ2) is 9.84. The van der Waals surface area contributed by atoms with Gasteiger partial charge in [-0.1, -0.05) is 32.0 Å². The summed E-state index contributed by atoms with van der Waals surface area (Å²) in [6.07, 6.45) is 1.85. The maximum Gasteiger partial charge on any atom is 0.243 e. The molecule has 0 aromatic heterocycles. The average Bonchev–Trinajstić information content (AvgIpc) is 3.59. The summed E-state index contributed by atoms with van der Waals surface area (Å²) in [6, 6.07) is 12.7. The van der Waals surface area contributed by atoms with Crippen molar-refractivity contribution >= 4 is 27.5 Å². The molecular weight excluding hydrogens is 457 g/mol. The molecule has 34 heavy (non-hydrogen) atoms. The summed E-state index contributed by atoms with van der Waals surface area (Å²) in [4.78, 5) is 29.5. The molecule has 0 spiro atoms. The van der Waals surface area contributed by atoms with Crippen LogP contribution in [0.1, 0.15) is 38.7 Å². The zero-order chi connectivity index (χ0) is 24.5. The van der Waals surface area contributed by atoms with E-state index < -0.39 is 15.9 Å². The monoisotopic (exact) mass is 487 g/mol. The molecular formula is C25H30FN3O4S. The van der Waals surface area contributed by atoms with E-state index in [0.717, 1.165) is 12.8 Å². The molecule has 1 aliphatic carbocycles. The maximum atomic E-state index is 14.2. The fraction of sp³-hybridized carbons (Fsp3) is 0.440. The Kier molecular flexibility index (Phi) is 7.04. The molecule has 1 atom stereocenters. The summed E-state index contributed by atoms with van der Waals surface area (Å²) in [5, 5.41) is 0. The first-order chi connectivity index (χ1) is 16.3. The summed E-state index contributed by atoms with van der Waals surface area (Å²) in [5.41, 5.74) is 1.03. The minimum absolute atomic E-state index is 0.0822. The van der Waals surface area contributed by atoms with Gasteiger partial charge in [0.25, 0.3) is 0 Å².